The van der Waals surface area contributed by atoms with Gasteiger partial charge in [0.15, 0.2) is 0 Å². The van der Waals surface area contributed by atoms with Gasteiger partial charge in [0.1, 0.15) is 0 Å². The maximum absolute atomic E-state index is 2.64. The largest absolute Gasteiger partial charge is 0.303 e. The van der Waals surface area contributed by atoms with Crippen LogP contribution in [0.15, 0.2) is 0 Å². The lowest BCUT2D eigenvalue weighted by atomic mass is 9.90. The fourth-order valence-electron chi connectivity index (χ4n) is 2.63. The second-order valence-electron chi connectivity index (χ2n) is 5.61. The molecule has 1 rings (SSSR count). The number of rotatable bonds is 6. The van der Waals surface area contributed by atoms with Gasteiger partial charge in [0.25, 0.3) is 0 Å². The molecule has 1 aliphatic rings. The summed E-state index contributed by atoms with van der Waals surface area (Å²) in [6.45, 7) is 11.0. The third-order valence-electron chi connectivity index (χ3n) is 3.64. The van der Waals surface area contributed by atoms with E-state index >= 15 is 0 Å². The van der Waals surface area contributed by atoms with Gasteiger partial charge >= 0.3 is 0 Å². The minimum Gasteiger partial charge on any atom is -0.303 e. The Morgan fingerprint density at radius 2 is 1.87 bits per heavy atom. The van der Waals surface area contributed by atoms with Crippen molar-refractivity contribution in [2.45, 2.75) is 59.3 Å². The molecule has 0 aromatic heterocycles. The van der Waals surface area contributed by atoms with Crippen LogP contribution in [0, 0.1) is 11.8 Å². The Hall–Kier alpha value is -0.0400. The van der Waals surface area contributed by atoms with Crippen molar-refractivity contribution in [1.29, 1.82) is 0 Å². The molecular weight excluding hydrogens is 182 g/mol. The first-order chi connectivity index (χ1) is 7.22. The minimum absolute atomic E-state index is 0.894. The van der Waals surface area contributed by atoms with E-state index in [1.54, 1.807) is 0 Å². The highest BCUT2D eigenvalue weighted by Crippen LogP contribution is 2.23. The first kappa shape index (κ1) is 13.0. The Morgan fingerprint density at radius 1 is 1.20 bits per heavy atom. The zero-order valence-electron chi connectivity index (χ0n) is 11.0. The van der Waals surface area contributed by atoms with E-state index in [0.717, 1.165) is 11.8 Å². The first-order valence-corrected chi connectivity index (χ1v) is 6.94. The smallest absolute Gasteiger partial charge is 0.00161 e. The lowest BCUT2D eigenvalue weighted by Crippen LogP contribution is -2.34. The van der Waals surface area contributed by atoms with Crippen molar-refractivity contribution in [2.24, 2.45) is 11.8 Å². The summed E-state index contributed by atoms with van der Waals surface area (Å²) < 4.78 is 0. The van der Waals surface area contributed by atoms with Crippen molar-refractivity contribution < 1.29 is 0 Å². The van der Waals surface area contributed by atoms with E-state index in [4.69, 9.17) is 0 Å². The molecular formula is C14H29N. The van der Waals surface area contributed by atoms with Gasteiger partial charge in [0, 0.05) is 0 Å². The summed E-state index contributed by atoms with van der Waals surface area (Å²) in [5.41, 5.74) is 0. The Balaban J connectivity index is 2.04. The normalized spacial score (nSPS) is 20.0. The van der Waals surface area contributed by atoms with E-state index in [0.29, 0.717) is 0 Å². The molecule has 0 spiro atoms. The lowest BCUT2D eigenvalue weighted by molar-refractivity contribution is 0.176. The van der Waals surface area contributed by atoms with E-state index in [9.17, 15) is 0 Å². The van der Waals surface area contributed by atoms with Gasteiger partial charge in [0.05, 0.1) is 0 Å². The molecule has 0 amide bonds. The van der Waals surface area contributed by atoms with Gasteiger partial charge in [-0.1, -0.05) is 40.0 Å². The van der Waals surface area contributed by atoms with Crippen LogP contribution in [0.4, 0.5) is 0 Å². The highest BCUT2D eigenvalue weighted by Gasteiger charge is 2.17. The number of nitrogens with zero attached hydrogens (tertiary/aromatic N) is 1. The van der Waals surface area contributed by atoms with Crippen molar-refractivity contribution in [3.8, 4) is 0 Å². The van der Waals surface area contributed by atoms with Crippen LogP contribution < -0.4 is 0 Å². The van der Waals surface area contributed by atoms with Crippen LogP contribution in [0.3, 0.4) is 0 Å². The van der Waals surface area contributed by atoms with Gasteiger partial charge in [0.2, 0.25) is 0 Å². The molecule has 0 atom stereocenters. The summed E-state index contributed by atoms with van der Waals surface area (Å²) in [5, 5.41) is 0. The molecule has 0 saturated carbocycles. The monoisotopic (exact) mass is 211 g/mol. The highest BCUT2D eigenvalue weighted by atomic mass is 15.1. The molecule has 1 aliphatic heterocycles. The molecule has 0 radical (unpaired) electrons. The summed E-state index contributed by atoms with van der Waals surface area (Å²) in [4.78, 5) is 2.64. The van der Waals surface area contributed by atoms with Gasteiger partial charge in [-0.2, -0.15) is 0 Å². The second-order valence-corrected chi connectivity index (χ2v) is 5.61. The number of likely N-dealkylation sites (tertiary alicyclic amines) is 1. The Labute approximate surface area is 96.2 Å². The van der Waals surface area contributed by atoms with E-state index in [1.165, 1.54) is 58.2 Å². The first-order valence-electron chi connectivity index (χ1n) is 6.94. The number of hydrogen-bond donors (Lipinski definition) is 0. The van der Waals surface area contributed by atoms with Crippen LogP contribution in [0.5, 0.6) is 0 Å². The summed E-state index contributed by atoms with van der Waals surface area (Å²) >= 11 is 0. The molecule has 1 heterocycles. The SMILES string of the molecule is CCCN1CCC(CCCC(C)C)CC1. The molecule has 0 aromatic rings. The topological polar surface area (TPSA) is 3.24 Å². The lowest BCUT2D eigenvalue weighted by Gasteiger charge is -2.31. The van der Waals surface area contributed by atoms with Crippen LogP contribution in [0.2, 0.25) is 0 Å². The molecule has 0 N–H and O–H groups in total. The molecule has 0 aromatic carbocycles. The van der Waals surface area contributed by atoms with Gasteiger partial charge < -0.3 is 4.90 Å². The standard InChI is InChI=1S/C14H29N/c1-4-10-15-11-8-14(9-12-15)7-5-6-13(2)3/h13-14H,4-12H2,1-3H3. The molecule has 0 unspecified atom stereocenters. The van der Waals surface area contributed by atoms with Crippen LogP contribution >= 0.6 is 0 Å². The third-order valence-corrected chi connectivity index (χ3v) is 3.64. The molecule has 90 valence electrons. The van der Waals surface area contributed by atoms with Crippen LogP contribution in [-0.2, 0) is 0 Å². The summed E-state index contributed by atoms with van der Waals surface area (Å²) in [6, 6.07) is 0. The summed E-state index contributed by atoms with van der Waals surface area (Å²) in [5.74, 6) is 1.93. The average molecular weight is 211 g/mol. The molecule has 1 fully saturated rings. The maximum Gasteiger partial charge on any atom is -0.00161 e. The van der Waals surface area contributed by atoms with Crippen molar-refractivity contribution in [1.82, 2.24) is 4.90 Å². The second kappa shape index (κ2) is 7.27. The number of piperidine rings is 1. The zero-order chi connectivity index (χ0) is 11.1. The Kier molecular flexibility index (Phi) is 6.31. The fraction of sp³-hybridized carbons (Fsp3) is 1.00. The average Bonchev–Trinajstić information content (AvgIpc) is 2.20. The third kappa shape index (κ3) is 5.55. The maximum atomic E-state index is 2.64. The highest BCUT2D eigenvalue weighted by molar-refractivity contribution is 4.72. The van der Waals surface area contributed by atoms with Gasteiger partial charge in [-0.05, 0) is 50.7 Å². The van der Waals surface area contributed by atoms with E-state index in [2.05, 4.69) is 25.7 Å². The predicted molar refractivity (Wildman–Crippen MR) is 68.1 cm³/mol. The van der Waals surface area contributed by atoms with E-state index in [-0.39, 0.29) is 0 Å². The molecule has 1 saturated heterocycles. The van der Waals surface area contributed by atoms with E-state index < -0.39 is 0 Å². The van der Waals surface area contributed by atoms with E-state index in [1.807, 2.05) is 0 Å². The molecule has 0 bridgehead atoms. The zero-order valence-corrected chi connectivity index (χ0v) is 11.0. The van der Waals surface area contributed by atoms with Crippen LogP contribution in [0.1, 0.15) is 59.3 Å². The predicted octanol–water partition coefficient (Wildman–Crippen LogP) is 3.93. The van der Waals surface area contributed by atoms with Crippen molar-refractivity contribution in [2.75, 3.05) is 19.6 Å². The van der Waals surface area contributed by atoms with Crippen molar-refractivity contribution >= 4 is 0 Å². The summed E-state index contributed by atoms with van der Waals surface area (Å²) in [7, 11) is 0. The molecule has 15 heavy (non-hydrogen) atoms. The molecule has 1 heteroatoms. The quantitative estimate of drug-likeness (QED) is 0.643. The Bertz CT molecular complexity index is 145. The van der Waals surface area contributed by atoms with Gasteiger partial charge in [-0.3, -0.25) is 0 Å². The van der Waals surface area contributed by atoms with Crippen LogP contribution in [0.25, 0.3) is 0 Å². The van der Waals surface area contributed by atoms with Crippen LogP contribution in [-0.4, -0.2) is 24.5 Å². The van der Waals surface area contributed by atoms with Crippen molar-refractivity contribution in [3.05, 3.63) is 0 Å². The minimum atomic E-state index is 0.894. The molecule has 0 aliphatic carbocycles. The van der Waals surface area contributed by atoms with Gasteiger partial charge in [-0.15, -0.1) is 0 Å². The Morgan fingerprint density at radius 3 is 2.40 bits per heavy atom. The summed E-state index contributed by atoms with van der Waals surface area (Å²) in [6.07, 6.45) is 8.59. The fourth-order valence-corrected chi connectivity index (χ4v) is 2.63. The van der Waals surface area contributed by atoms with Gasteiger partial charge in [-0.25, -0.2) is 0 Å². The van der Waals surface area contributed by atoms with Crippen molar-refractivity contribution in [3.63, 3.8) is 0 Å². The molecule has 1 nitrogen and oxygen atoms in total. The number of hydrogen-bond acceptors (Lipinski definition) is 1.